The van der Waals surface area contributed by atoms with E-state index in [0.29, 0.717) is 0 Å². The van der Waals surface area contributed by atoms with Crippen LogP contribution in [0.4, 0.5) is 5.69 Å². The van der Waals surface area contributed by atoms with Crippen molar-refractivity contribution in [3.05, 3.63) is 70.3 Å². The number of anilines is 1. The lowest BCUT2D eigenvalue weighted by molar-refractivity contribution is 0.494. The first-order valence-electron chi connectivity index (χ1n) is 10.1. The largest absolute Gasteiger partial charge is 0.345 e. The molecule has 28 heavy (non-hydrogen) atoms. The lowest BCUT2D eigenvalue weighted by Crippen LogP contribution is -2.51. The molecule has 0 aromatic heterocycles. The molecule has 0 bridgehead atoms. The molecule has 2 aromatic carbocycles. The fourth-order valence-electron chi connectivity index (χ4n) is 4.46. The monoisotopic (exact) mass is 371 g/mol. The molecule has 2 N–H and O–H groups in total. The van der Waals surface area contributed by atoms with E-state index < -0.39 is 0 Å². The molecule has 1 aliphatic carbocycles. The number of benzene rings is 2. The van der Waals surface area contributed by atoms with Crippen LogP contribution in [0.5, 0.6) is 0 Å². The van der Waals surface area contributed by atoms with Crippen LogP contribution >= 0.6 is 0 Å². The van der Waals surface area contributed by atoms with Crippen LogP contribution in [0.3, 0.4) is 0 Å². The molecule has 1 aliphatic heterocycles. The van der Waals surface area contributed by atoms with Crippen molar-refractivity contribution in [2.45, 2.75) is 27.2 Å². The zero-order chi connectivity index (χ0) is 19.5. The van der Waals surface area contributed by atoms with Crippen molar-refractivity contribution in [2.24, 2.45) is 0 Å². The minimum atomic E-state index is 0.859. The quantitative estimate of drug-likeness (QED) is 0.658. The van der Waals surface area contributed by atoms with E-state index >= 15 is 0 Å². The average Bonchev–Trinajstić information content (AvgIpc) is 3.09. The second-order valence-corrected chi connectivity index (χ2v) is 7.35. The molecule has 144 valence electrons. The predicted molar refractivity (Wildman–Crippen MR) is 122 cm³/mol. The Bertz CT molecular complexity index is 960. The normalized spacial score (nSPS) is 16.5. The van der Waals surface area contributed by atoms with Gasteiger partial charge in [-0.2, -0.15) is 0 Å². The van der Waals surface area contributed by atoms with Gasteiger partial charge in [0.05, 0.1) is 19.0 Å². The summed E-state index contributed by atoms with van der Waals surface area (Å²) in [6, 6.07) is 9.08. The van der Waals surface area contributed by atoms with Crippen LogP contribution in [0.1, 0.15) is 48.6 Å². The summed E-state index contributed by atoms with van der Waals surface area (Å²) >= 11 is 0. The molecule has 0 amide bonds. The number of fused-ring (bicyclic) bond motifs is 3. The molecule has 0 radical (unpaired) electrons. The van der Waals surface area contributed by atoms with Gasteiger partial charge in [-0.1, -0.05) is 54.7 Å². The molecular weight excluding hydrogens is 342 g/mol. The van der Waals surface area contributed by atoms with Gasteiger partial charge in [-0.05, 0) is 66.6 Å². The second kappa shape index (κ2) is 8.17. The fraction of sp³-hybridized carbons (Fsp3) is 0.280. The zero-order valence-electron chi connectivity index (χ0n) is 17.0. The number of nitrogens with zero attached hydrogens (tertiary/aromatic N) is 1. The van der Waals surface area contributed by atoms with Crippen LogP contribution in [-0.2, 0) is 6.42 Å². The Kier molecular flexibility index (Phi) is 5.47. The summed E-state index contributed by atoms with van der Waals surface area (Å²) in [5.74, 6) is 0. The highest BCUT2D eigenvalue weighted by Crippen LogP contribution is 2.46. The minimum Gasteiger partial charge on any atom is -0.345 e. The first kappa shape index (κ1) is 18.7. The topological polar surface area (TPSA) is 27.3 Å². The molecule has 0 spiro atoms. The lowest BCUT2D eigenvalue weighted by atomic mass is 9.92. The number of allylic oxidation sites excluding steroid dienone is 3. The highest BCUT2D eigenvalue weighted by Gasteiger charge is 2.27. The van der Waals surface area contributed by atoms with Gasteiger partial charge in [0.25, 0.3) is 0 Å². The van der Waals surface area contributed by atoms with Crippen molar-refractivity contribution < 1.29 is 0 Å². The number of hydrogen-bond donors (Lipinski definition) is 2. The molecule has 3 nitrogen and oxygen atoms in total. The van der Waals surface area contributed by atoms with Crippen LogP contribution in [0.25, 0.3) is 29.4 Å². The van der Waals surface area contributed by atoms with Crippen LogP contribution in [0.15, 0.2) is 42.5 Å². The summed E-state index contributed by atoms with van der Waals surface area (Å²) in [5.41, 5.74) is 10.9. The number of nitrogens with one attached hydrogen (secondary N) is 2. The maximum atomic E-state index is 3.44. The van der Waals surface area contributed by atoms with Gasteiger partial charge < -0.3 is 4.90 Å². The van der Waals surface area contributed by atoms with E-state index in [1.165, 1.54) is 44.6 Å². The molecule has 3 heteroatoms. The summed E-state index contributed by atoms with van der Waals surface area (Å²) in [6.45, 7) is 8.87. The Balaban J connectivity index is 1.99. The minimum absolute atomic E-state index is 0.859. The van der Waals surface area contributed by atoms with Gasteiger partial charge in [0.15, 0.2) is 0 Å². The molecule has 2 aromatic rings. The van der Waals surface area contributed by atoms with E-state index in [1.54, 1.807) is 0 Å². The maximum absolute atomic E-state index is 3.44. The van der Waals surface area contributed by atoms with Crippen LogP contribution < -0.4 is 15.5 Å². The third-order valence-corrected chi connectivity index (χ3v) is 5.50. The zero-order valence-corrected chi connectivity index (χ0v) is 17.0. The van der Waals surface area contributed by atoms with Crippen molar-refractivity contribution in [2.75, 3.05) is 24.9 Å². The molecule has 4 rings (SSSR count). The van der Waals surface area contributed by atoms with E-state index in [9.17, 15) is 0 Å². The third kappa shape index (κ3) is 3.21. The van der Waals surface area contributed by atoms with Crippen molar-refractivity contribution in [3.63, 3.8) is 0 Å². The molecule has 1 fully saturated rings. The van der Waals surface area contributed by atoms with Gasteiger partial charge in [0.1, 0.15) is 0 Å². The first-order valence-corrected chi connectivity index (χ1v) is 10.1. The Labute approximate surface area is 168 Å². The van der Waals surface area contributed by atoms with E-state index in [-0.39, 0.29) is 0 Å². The summed E-state index contributed by atoms with van der Waals surface area (Å²) < 4.78 is 0. The molecule has 0 unspecified atom stereocenters. The van der Waals surface area contributed by atoms with E-state index in [2.05, 4.69) is 97.0 Å². The molecule has 2 aliphatic rings. The molecular formula is C25H29N3. The summed E-state index contributed by atoms with van der Waals surface area (Å²) in [7, 11) is 0. The van der Waals surface area contributed by atoms with E-state index in [1.807, 2.05) is 0 Å². The highest BCUT2D eigenvalue weighted by atomic mass is 15.4. The van der Waals surface area contributed by atoms with E-state index in [4.69, 9.17) is 0 Å². The number of rotatable bonds is 4. The predicted octanol–water partition coefficient (Wildman–Crippen LogP) is 5.23. The second-order valence-electron chi connectivity index (χ2n) is 7.35. The van der Waals surface area contributed by atoms with Crippen molar-refractivity contribution in [3.8, 4) is 11.1 Å². The SMILES string of the molecule is CC=Cc1cccc2c1-c1cc(C=CC)c(N3CNCNC3)c(C=CC)c1C2. The number of hydrogen-bond acceptors (Lipinski definition) is 3. The van der Waals surface area contributed by atoms with Crippen LogP contribution in [0.2, 0.25) is 0 Å². The first-order chi connectivity index (χ1) is 13.8. The summed E-state index contributed by atoms with van der Waals surface area (Å²) in [4.78, 5) is 2.41. The van der Waals surface area contributed by atoms with Gasteiger partial charge in [0, 0.05) is 12.2 Å². The van der Waals surface area contributed by atoms with Gasteiger partial charge in [-0.25, -0.2) is 0 Å². The third-order valence-electron chi connectivity index (χ3n) is 5.50. The van der Waals surface area contributed by atoms with Gasteiger partial charge in [-0.15, -0.1) is 0 Å². The van der Waals surface area contributed by atoms with Crippen LogP contribution in [-0.4, -0.2) is 20.0 Å². The molecule has 0 saturated carbocycles. The molecule has 1 heterocycles. The Morgan fingerprint density at radius 2 is 1.61 bits per heavy atom. The summed E-state index contributed by atoms with van der Waals surface area (Å²) in [6.07, 6.45) is 14.2. The lowest BCUT2D eigenvalue weighted by Gasteiger charge is -2.33. The Morgan fingerprint density at radius 1 is 0.893 bits per heavy atom. The average molecular weight is 372 g/mol. The Hall–Kier alpha value is -2.62. The van der Waals surface area contributed by atoms with Gasteiger partial charge >= 0.3 is 0 Å². The Morgan fingerprint density at radius 3 is 2.32 bits per heavy atom. The van der Waals surface area contributed by atoms with Gasteiger partial charge in [0.2, 0.25) is 0 Å². The van der Waals surface area contributed by atoms with Gasteiger partial charge in [-0.3, -0.25) is 10.6 Å². The smallest absolute Gasteiger partial charge is 0.0705 e. The summed E-state index contributed by atoms with van der Waals surface area (Å²) in [5, 5.41) is 6.88. The fourth-order valence-corrected chi connectivity index (χ4v) is 4.46. The standard InChI is InChI=1S/C25H29N3/c1-4-8-18-11-7-12-19-13-22-21(10-6-3)25(28-16-26-15-27-17-28)20(9-5-2)14-23(22)24(18)19/h4-12,14,26-27H,13,15-17H2,1-3H3. The molecule has 1 saturated heterocycles. The van der Waals surface area contributed by atoms with Crippen molar-refractivity contribution >= 4 is 23.9 Å². The van der Waals surface area contributed by atoms with Crippen molar-refractivity contribution in [1.29, 1.82) is 0 Å². The highest BCUT2D eigenvalue weighted by molar-refractivity contribution is 5.93. The van der Waals surface area contributed by atoms with Crippen LogP contribution in [0, 0.1) is 0 Å². The maximum Gasteiger partial charge on any atom is 0.0705 e. The molecule has 0 atom stereocenters. The van der Waals surface area contributed by atoms with Crippen molar-refractivity contribution in [1.82, 2.24) is 10.6 Å². The van der Waals surface area contributed by atoms with E-state index in [0.717, 1.165) is 26.4 Å².